The summed E-state index contributed by atoms with van der Waals surface area (Å²) in [5.74, 6) is -0.212. The Kier molecular flexibility index (Phi) is 3.71. The summed E-state index contributed by atoms with van der Waals surface area (Å²) < 4.78 is 43.3. The molecule has 0 aliphatic heterocycles. The number of rotatable bonds is 2. The van der Waals surface area contributed by atoms with E-state index >= 15 is 0 Å². The van der Waals surface area contributed by atoms with Gasteiger partial charge >= 0.3 is 6.36 Å². The number of ether oxygens (including phenoxy) is 1. The van der Waals surface area contributed by atoms with E-state index in [1.807, 2.05) is 0 Å². The molecule has 0 N–H and O–H groups in total. The summed E-state index contributed by atoms with van der Waals surface area (Å²) in [6.07, 6.45) is -1.25. The zero-order valence-corrected chi connectivity index (χ0v) is 13.4. The third kappa shape index (κ3) is 3.01. The molecule has 2 aromatic heterocycles. The van der Waals surface area contributed by atoms with E-state index in [-0.39, 0.29) is 5.75 Å². The van der Waals surface area contributed by atoms with Gasteiger partial charge in [0.15, 0.2) is 5.65 Å². The van der Waals surface area contributed by atoms with Gasteiger partial charge in [0.25, 0.3) is 0 Å². The van der Waals surface area contributed by atoms with Gasteiger partial charge in [-0.25, -0.2) is 9.50 Å². The normalized spacial score (nSPS) is 11.9. The van der Waals surface area contributed by atoms with Crippen molar-refractivity contribution in [2.45, 2.75) is 13.3 Å². The predicted molar refractivity (Wildman–Crippen MR) is 82.6 cm³/mol. The van der Waals surface area contributed by atoms with Crippen LogP contribution < -0.4 is 4.74 Å². The summed E-state index contributed by atoms with van der Waals surface area (Å²) in [7, 11) is 0. The summed E-state index contributed by atoms with van der Waals surface area (Å²) >= 11 is 2.13. The third-order valence-electron chi connectivity index (χ3n) is 3.02. The molecule has 3 aromatic rings. The van der Waals surface area contributed by atoms with Crippen LogP contribution >= 0.6 is 22.6 Å². The van der Waals surface area contributed by atoms with E-state index in [2.05, 4.69) is 37.4 Å². The number of aryl methyl sites for hydroxylation is 1. The summed E-state index contributed by atoms with van der Waals surface area (Å²) in [6.45, 7) is 1.56. The van der Waals surface area contributed by atoms with Crippen LogP contribution in [0.2, 0.25) is 0 Å². The zero-order valence-electron chi connectivity index (χ0n) is 11.2. The van der Waals surface area contributed by atoms with Gasteiger partial charge in [0.2, 0.25) is 0 Å². The molecule has 0 radical (unpaired) electrons. The highest BCUT2D eigenvalue weighted by molar-refractivity contribution is 14.1. The average molecular weight is 419 g/mol. The monoisotopic (exact) mass is 419 g/mol. The fraction of sp³-hybridized carbons (Fsp3) is 0.143. The predicted octanol–water partition coefficient (Wildman–Crippen LogP) is 4.21. The van der Waals surface area contributed by atoms with Gasteiger partial charge < -0.3 is 4.74 Å². The summed E-state index contributed by atoms with van der Waals surface area (Å²) in [4.78, 5) is 4.48. The minimum absolute atomic E-state index is 0.212. The quantitative estimate of drug-likeness (QED) is 0.585. The maximum Gasteiger partial charge on any atom is 0.573 e. The Hall–Kier alpha value is -1.84. The number of aromatic nitrogens is 3. The van der Waals surface area contributed by atoms with Gasteiger partial charge in [0.1, 0.15) is 5.75 Å². The minimum Gasteiger partial charge on any atom is -0.406 e. The van der Waals surface area contributed by atoms with Crippen LogP contribution in [0, 0.1) is 10.5 Å². The van der Waals surface area contributed by atoms with Crippen molar-refractivity contribution >= 4 is 28.2 Å². The summed E-state index contributed by atoms with van der Waals surface area (Å²) in [6, 6.07) is 6.22. The van der Waals surface area contributed by atoms with Crippen LogP contribution in [0.25, 0.3) is 16.9 Å². The van der Waals surface area contributed by atoms with Gasteiger partial charge in [-0.15, -0.1) is 13.2 Å². The van der Waals surface area contributed by atoms with Crippen molar-refractivity contribution < 1.29 is 17.9 Å². The van der Waals surface area contributed by atoms with Crippen LogP contribution in [0.15, 0.2) is 36.7 Å². The molecule has 0 aliphatic carbocycles. The fourth-order valence-electron chi connectivity index (χ4n) is 2.05. The molecule has 0 unspecified atom stereocenters. The second-order valence-electron chi connectivity index (χ2n) is 4.60. The van der Waals surface area contributed by atoms with Crippen LogP contribution in [0.5, 0.6) is 5.75 Å². The SMILES string of the molecule is Cc1cc(-c2ccn3ncc(I)c3n2)ccc1OC(F)(F)F. The number of alkyl halides is 3. The molecule has 0 bridgehead atoms. The molecule has 22 heavy (non-hydrogen) atoms. The van der Waals surface area contributed by atoms with Crippen molar-refractivity contribution in [3.05, 3.63) is 45.8 Å². The minimum atomic E-state index is -4.70. The molecular formula is C14H9F3IN3O. The molecular weight excluding hydrogens is 410 g/mol. The van der Waals surface area contributed by atoms with Crippen molar-refractivity contribution in [3.63, 3.8) is 0 Å². The first-order valence-corrected chi connectivity index (χ1v) is 7.28. The van der Waals surface area contributed by atoms with Crippen molar-refractivity contribution in [1.82, 2.24) is 14.6 Å². The largest absolute Gasteiger partial charge is 0.573 e. The van der Waals surface area contributed by atoms with E-state index in [0.717, 1.165) is 3.57 Å². The van der Waals surface area contributed by atoms with Gasteiger partial charge in [-0.2, -0.15) is 5.10 Å². The first kappa shape index (κ1) is 15.1. The summed E-state index contributed by atoms with van der Waals surface area (Å²) in [5.41, 5.74) is 2.46. The lowest BCUT2D eigenvalue weighted by Gasteiger charge is -2.12. The fourth-order valence-corrected chi connectivity index (χ4v) is 2.54. The van der Waals surface area contributed by atoms with Crippen LogP contribution in [0.4, 0.5) is 13.2 Å². The van der Waals surface area contributed by atoms with E-state index in [4.69, 9.17) is 0 Å². The lowest BCUT2D eigenvalue weighted by atomic mass is 10.1. The first-order valence-electron chi connectivity index (χ1n) is 6.20. The molecule has 0 spiro atoms. The van der Waals surface area contributed by atoms with Gasteiger partial charge in [0.05, 0.1) is 15.5 Å². The maximum absolute atomic E-state index is 12.3. The van der Waals surface area contributed by atoms with E-state index in [9.17, 15) is 13.2 Å². The number of fused-ring (bicyclic) bond motifs is 1. The molecule has 114 valence electrons. The van der Waals surface area contributed by atoms with E-state index in [1.165, 1.54) is 6.07 Å². The molecule has 1 aromatic carbocycles. The van der Waals surface area contributed by atoms with Crippen LogP contribution in [-0.2, 0) is 0 Å². The van der Waals surface area contributed by atoms with Gasteiger partial charge in [-0.05, 0) is 59.3 Å². The number of benzene rings is 1. The Morgan fingerprint density at radius 1 is 1.23 bits per heavy atom. The summed E-state index contributed by atoms with van der Waals surface area (Å²) in [5, 5.41) is 4.13. The number of hydrogen-bond donors (Lipinski definition) is 0. The smallest absolute Gasteiger partial charge is 0.406 e. The highest BCUT2D eigenvalue weighted by atomic mass is 127. The van der Waals surface area contributed by atoms with Crippen LogP contribution in [0.3, 0.4) is 0 Å². The van der Waals surface area contributed by atoms with E-state index in [1.54, 1.807) is 42.0 Å². The molecule has 3 rings (SSSR count). The number of nitrogens with zero attached hydrogens (tertiary/aromatic N) is 3. The van der Waals surface area contributed by atoms with Crippen LogP contribution in [-0.4, -0.2) is 21.0 Å². The Labute approximate surface area is 137 Å². The van der Waals surface area contributed by atoms with Gasteiger partial charge in [0, 0.05) is 11.8 Å². The second-order valence-corrected chi connectivity index (χ2v) is 5.76. The maximum atomic E-state index is 12.3. The Bertz CT molecular complexity index is 845. The van der Waals surface area contributed by atoms with E-state index in [0.29, 0.717) is 22.5 Å². The molecule has 2 heterocycles. The molecule has 0 aliphatic rings. The van der Waals surface area contributed by atoms with Crippen molar-refractivity contribution in [1.29, 1.82) is 0 Å². The average Bonchev–Trinajstić information content (AvgIpc) is 2.81. The Morgan fingerprint density at radius 2 is 2.00 bits per heavy atom. The highest BCUT2D eigenvalue weighted by Crippen LogP contribution is 2.29. The van der Waals surface area contributed by atoms with Crippen molar-refractivity contribution in [2.24, 2.45) is 0 Å². The number of halogens is 4. The van der Waals surface area contributed by atoms with Crippen molar-refractivity contribution in [3.8, 4) is 17.0 Å². The second kappa shape index (κ2) is 5.41. The standard InChI is InChI=1S/C14H9F3IN3O/c1-8-6-9(2-3-12(8)22-14(15,16)17)11-4-5-21-13(20-11)10(18)7-19-21/h2-7H,1H3. The first-order chi connectivity index (χ1) is 10.3. The molecule has 0 saturated heterocycles. The zero-order chi connectivity index (χ0) is 15.9. The van der Waals surface area contributed by atoms with Gasteiger partial charge in [-0.3, -0.25) is 0 Å². The lowest BCUT2D eigenvalue weighted by Crippen LogP contribution is -2.17. The van der Waals surface area contributed by atoms with Crippen LogP contribution in [0.1, 0.15) is 5.56 Å². The lowest BCUT2D eigenvalue weighted by molar-refractivity contribution is -0.274. The van der Waals surface area contributed by atoms with Crippen molar-refractivity contribution in [2.75, 3.05) is 0 Å². The number of hydrogen-bond acceptors (Lipinski definition) is 3. The Balaban J connectivity index is 2.00. The van der Waals surface area contributed by atoms with Gasteiger partial charge in [-0.1, -0.05) is 0 Å². The molecule has 0 amide bonds. The topological polar surface area (TPSA) is 39.4 Å². The Morgan fingerprint density at radius 3 is 2.68 bits per heavy atom. The highest BCUT2D eigenvalue weighted by Gasteiger charge is 2.31. The molecule has 8 heteroatoms. The molecule has 0 atom stereocenters. The van der Waals surface area contributed by atoms with E-state index < -0.39 is 6.36 Å². The molecule has 0 fully saturated rings. The molecule has 0 saturated carbocycles. The third-order valence-corrected chi connectivity index (χ3v) is 3.78. The molecule has 4 nitrogen and oxygen atoms in total.